The van der Waals surface area contributed by atoms with Gasteiger partial charge in [0.05, 0.1) is 6.61 Å². The van der Waals surface area contributed by atoms with Crippen LogP contribution >= 0.6 is 0 Å². The Hall–Kier alpha value is -1.21. The fraction of sp³-hybridized carbons (Fsp3) is 0.667. The van der Waals surface area contributed by atoms with Gasteiger partial charge in [-0.3, -0.25) is 4.99 Å². The van der Waals surface area contributed by atoms with E-state index in [1.807, 2.05) is 30.3 Å². The van der Waals surface area contributed by atoms with Crippen LogP contribution in [-0.4, -0.2) is 45.5 Å². The fourth-order valence-corrected chi connectivity index (χ4v) is 3.56. The predicted octanol–water partition coefficient (Wildman–Crippen LogP) is 4.50. The lowest BCUT2D eigenvalue weighted by molar-refractivity contribution is -0.118. The van der Waals surface area contributed by atoms with Crippen LogP contribution in [0.25, 0.3) is 0 Å². The van der Waals surface area contributed by atoms with Gasteiger partial charge >= 0.3 is 0 Å². The highest BCUT2D eigenvalue weighted by atomic mass is 28.3. The quantitative estimate of drug-likeness (QED) is 0.151. The van der Waals surface area contributed by atoms with Crippen LogP contribution < -0.4 is 5.43 Å². The van der Waals surface area contributed by atoms with Crippen molar-refractivity contribution in [2.45, 2.75) is 64.7 Å². The van der Waals surface area contributed by atoms with Crippen molar-refractivity contribution in [1.82, 2.24) is 10.4 Å². The van der Waals surface area contributed by atoms with Crippen LogP contribution in [0.2, 0.25) is 25.7 Å². The zero-order valence-electron chi connectivity index (χ0n) is 17.7. The summed E-state index contributed by atoms with van der Waals surface area (Å²) in [6.45, 7) is 11.0. The van der Waals surface area contributed by atoms with E-state index in [2.05, 4.69) is 49.1 Å². The first-order valence-corrected chi connectivity index (χ1v) is 13.8. The largest absolute Gasteiger partial charge is 0.365 e. The highest BCUT2D eigenvalue weighted by Crippen LogP contribution is 2.27. The normalized spacial score (nSPS) is 17.0. The Kier molecular flexibility index (Phi) is 8.96. The number of hydrogen-bond donors (Lipinski definition) is 1. The van der Waals surface area contributed by atoms with Gasteiger partial charge in [0.1, 0.15) is 18.8 Å². The van der Waals surface area contributed by atoms with Crippen molar-refractivity contribution in [1.29, 1.82) is 0 Å². The van der Waals surface area contributed by atoms with Gasteiger partial charge in [0.15, 0.2) is 0 Å². The van der Waals surface area contributed by atoms with E-state index in [0.29, 0.717) is 19.3 Å². The zero-order chi connectivity index (χ0) is 19.7. The Balaban J connectivity index is 1.90. The van der Waals surface area contributed by atoms with Crippen LogP contribution in [0.1, 0.15) is 31.7 Å². The average Bonchev–Trinajstić information content (AvgIpc) is 2.59. The Morgan fingerprint density at radius 1 is 1.26 bits per heavy atom. The molecule has 1 fully saturated rings. The van der Waals surface area contributed by atoms with Crippen LogP contribution in [0.3, 0.4) is 0 Å². The van der Waals surface area contributed by atoms with Crippen LogP contribution in [0.5, 0.6) is 0 Å². The highest BCUT2D eigenvalue weighted by molar-refractivity contribution is 6.76. The van der Waals surface area contributed by atoms with Gasteiger partial charge in [0.2, 0.25) is 0 Å². The van der Waals surface area contributed by atoms with Gasteiger partial charge in [-0.25, -0.2) is 0 Å². The maximum Gasteiger partial charge on any atom is 0.127 e. The number of nitrogens with zero attached hydrogens (tertiary/aromatic N) is 2. The molecule has 1 N–H and O–H groups in total. The lowest BCUT2D eigenvalue weighted by Crippen LogP contribution is -2.52. The van der Waals surface area contributed by atoms with Crippen molar-refractivity contribution < 1.29 is 9.47 Å². The van der Waals surface area contributed by atoms with Gasteiger partial charge in [0.25, 0.3) is 0 Å². The minimum atomic E-state index is -1.09. The van der Waals surface area contributed by atoms with E-state index in [4.69, 9.17) is 9.47 Å². The van der Waals surface area contributed by atoms with E-state index >= 15 is 0 Å². The smallest absolute Gasteiger partial charge is 0.127 e. The van der Waals surface area contributed by atoms with Crippen molar-refractivity contribution in [3.63, 3.8) is 0 Å². The van der Waals surface area contributed by atoms with Gasteiger partial charge in [-0.1, -0.05) is 56.4 Å². The van der Waals surface area contributed by atoms with Gasteiger partial charge < -0.3 is 14.9 Å². The molecule has 0 radical (unpaired) electrons. The topological polar surface area (TPSA) is 46.1 Å². The van der Waals surface area contributed by atoms with E-state index < -0.39 is 8.07 Å². The number of benzene rings is 1. The summed E-state index contributed by atoms with van der Waals surface area (Å²) in [5, 5.41) is 2.04. The Labute approximate surface area is 166 Å². The van der Waals surface area contributed by atoms with Crippen LogP contribution in [-0.2, 0) is 16.1 Å². The summed E-state index contributed by atoms with van der Waals surface area (Å²) in [5.74, 6) is 1.59. The fourth-order valence-electron chi connectivity index (χ4n) is 2.80. The summed E-state index contributed by atoms with van der Waals surface area (Å²) < 4.78 is 12.1. The number of ether oxygens (including phenoxy) is 2. The van der Waals surface area contributed by atoms with Crippen LogP contribution in [0.4, 0.5) is 0 Å². The molecule has 1 aliphatic rings. The van der Waals surface area contributed by atoms with Crippen molar-refractivity contribution in [2.75, 3.05) is 20.4 Å². The molecule has 27 heavy (non-hydrogen) atoms. The second kappa shape index (κ2) is 11.0. The van der Waals surface area contributed by atoms with E-state index in [1.165, 1.54) is 24.8 Å². The molecule has 0 aromatic heterocycles. The molecule has 1 aromatic carbocycles. The summed E-state index contributed by atoms with van der Waals surface area (Å²) in [6, 6.07) is 11.4. The number of nitrogens with one attached hydrogen (secondary N) is 1. The van der Waals surface area contributed by atoms with Crippen molar-refractivity contribution in [3.8, 4) is 0 Å². The molecule has 6 heteroatoms. The maximum absolute atomic E-state index is 6.10. The van der Waals surface area contributed by atoms with E-state index in [0.717, 1.165) is 18.5 Å². The second-order valence-electron chi connectivity index (χ2n) is 8.56. The minimum Gasteiger partial charge on any atom is -0.365 e. The lowest BCUT2D eigenvalue weighted by Gasteiger charge is -2.35. The molecule has 1 saturated carbocycles. The molecular formula is C21H37N3O2Si. The second-order valence-corrected chi connectivity index (χ2v) is 14.2. The molecule has 0 amide bonds. The Bertz CT molecular complexity index is 571. The minimum absolute atomic E-state index is 0.117. The number of hydrogen-bond acceptors (Lipinski definition) is 4. The zero-order valence-corrected chi connectivity index (χ0v) is 18.7. The lowest BCUT2D eigenvalue weighted by atomic mass is 9.84. The third-order valence-electron chi connectivity index (χ3n) is 4.99. The average molecular weight is 392 g/mol. The molecular weight excluding hydrogens is 354 g/mol. The Morgan fingerprint density at radius 2 is 1.96 bits per heavy atom. The Morgan fingerprint density at radius 3 is 2.52 bits per heavy atom. The van der Waals surface area contributed by atoms with Crippen molar-refractivity contribution >= 4 is 13.9 Å². The number of aliphatic imine (C=N–C) groups is 1. The van der Waals surface area contributed by atoms with Crippen LogP contribution in [0, 0.1) is 5.92 Å². The molecule has 0 heterocycles. The molecule has 1 atom stereocenters. The molecule has 1 aromatic rings. The van der Waals surface area contributed by atoms with E-state index in [9.17, 15) is 0 Å². The molecule has 0 bridgehead atoms. The molecule has 1 unspecified atom stereocenters. The summed E-state index contributed by atoms with van der Waals surface area (Å²) >= 11 is 0. The summed E-state index contributed by atoms with van der Waals surface area (Å²) in [7, 11) is 0.773. The number of amidine groups is 1. The molecule has 152 valence electrons. The van der Waals surface area contributed by atoms with E-state index in [1.54, 1.807) is 0 Å². The summed E-state index contributed by atoms with van der Waals surface area (Å²) in [4.78, 5) is 4.48. The van der Waals surface area contributed by atoms with Crippen molar-refractivity contribution in [2.24, 2.45) is 10.9 Å². The standard InChI is InChI=1S/C21H37N3O2Si/c1-18(26-16-19-10-7-6-8-11-19)24(17-25-14-15-27(3,4)5)23-21(22-2)20-12-9-13-20/h6-8,10-11,18,20H,9,12-17H2,1-5H3,(H,22,23). The van der Waals surface area contributed by atoms with Gasteiger partial charge in [-0.05, 0) is 31.4 Å². The van der Waals surface area contributed by atoms with Gasteiger partial charge in [-0.2, -0.15) is 5.01 Å². The molecule has 0 aliphatic heterocycles. The highest BCUT2D eigenvalue weighted by Gasteiger charge is 2.26. The van der Waals surface area contributed by atoms with E-state index in [-0.39, 0.29) is 6.23 Å². The van der Waals surface area contributed by atoms with Gasteiger partial charge in [0, 0.05) is 27.6 Å². The molecule has 0 saturated heterocycles. The van der Waals surface area contributed by atoms with Gasteiger partial charge in [-0.15, -0.1) is 0 Å². The maximum atomic E-state index is 6.10. The molecule has 1 aliphatic carbocycles. The molecule has 0 spiro atoms. The van der Waals surface area contributed by atoms with Crippen molar-refractivity contribution in [3.05, 3.63) is 35.9 Å². The first-order valence-electron chi connectivity index (χ1n) is 10.1. The first-order chi connectivity index (χ1) is 12.9. The first kappa shape index (κ1) is 22.1. The monoisotopic (exact) mass is 391 g/mol. The third-order valence-corrected chi connectivity index (χ3v) is 6.69. The summed E-state index contributed by atoms with van der Waals surface area (Å²) in [5.41, 5.74) is 4.66. The predicted molar refractivity (Wildman–Crippen MR) is 115 cm³/mol. The van der Waals surface area contributed by atoms with Crippen LogP contribution in [0.15, 0.2) is 35.3 Å². The third kappa shape index (κ3) is 8.13. The summed E-state index contributed by atoms with van der Waals surface area (Å²) in [6.07, 6.45) is 3.60. The SMILES string of the molecule is CN=C(NN(COCC[Si](C)(C)C)C(C)OCc1ccccc1)C1CCC1. The molecule has 2 rings (SSSR count). The molecule has 5 nitrogen and oxygen atoms in total. The number of rotatable bonds is 11. The number of hydrazine groups is 1.